The molecule has 1 aliphatic rings. The van der Waals surface area contributed by atoms with Crippen molar-refractivity contribution in [2.24, 2.45) is 5.92 Å². The van der Waals surface area contributed by atoms with E-state index in [9.17, 15) is 0 Å². The third kappa shape index (κ3) is 5.28. The maximum Gasteiger partial charge on any atom is -0.000958 e. The van der Waals surface area contributed by atoms with Crippen molar-refractivity contribution in [2.45, 2.75) is 31.9 Å². The smallest absolute Gasteiger partial charge is 0.000958 e. The molecule has 0 aromatic carbocycles. The van der Waals surface area contributed by atoms with Crippen LogP contribution in [0, 0.1) is 5.92 Å². The minimum absolute atomic E-state index is 0. The minimum atomic E-state index is 0. The summed E-state index contributed by atoms with van der Waals surface area (Å²) >= 11 is 2.11. The van der Waals surface area contributed by atoms with Crippen molar-refractivity contribution in [1.29, 1.82) is 0 Å². The monoisotopic (exact) mass is 209 g/mol. The highest BCUT2D eigenvalue weighted by Crippen LogP contribution is 2.20. The Morgan fingerprint density at radius 2 is 1.92 bits per heavy atom. The molecule has 12 heavy (non-hydrogen) atoms. The molecule has 74 valence electrons. The van der Waals surface area contributed by atoms with Crippen LogP contribution in [0.3, 0.4) is 0 Å². The van der Waals surface area contributed by atoms with Crippen molar-refractivity contribution >= 4 is 24.2 Å². The summed E-state index contributed by atoms with van der Waals surface area (Å²) in [5, 5.41) is 4.20. The van der Waals surface area contributed by atoms with Crippen molar-refractivity contribution in [3.05, 3.63) is 0 Å². The summed E-state index contributed by atoms with van der Waals surface area (Å²) in [4.78, 5) is 0. The van der Waals surface area contributed by atoms with E-state index in [2.05, 4.69) is 30.9 Å². The number of hydrogen-bond acceptors (Lipinski definition) is 2. The summed E-state index contributed by atoms with van der Waals surface area (Å²) in [6.07, 6.45) is 2.78. The van der Waals surface area contributed by atoms with Crippen molar-refractivity contribution in [1.82, 2.24) is 5.32 Å². The van der Waals surface area contributed by atoms with Gasteiger partial charge in [0.2, 0.25) is 0 Å². The van der Waals surface area contributed by atoms with Gasteiger partial charge in [-0.05, 0) is 42.9 Å². The molecule has 0 unspecified atom stereocenters. The summed E-state index contributed by atoms with van der Waals surface area (Å²) in [6.45, 7) is 7.05. The molecule has 1 aliphatic heterocycles. The maximum atomic E-state index is 3.39. The first-order valence-electron chi connectivity index (χ1n) is 4.61. The van der Waals surface area contributed by atoms with Crippen LogP contribution in [0.4, 0.5) is 0 Å². The summed E-state index contributed by atoms with van der Waals surface area (Å²) in [6, 6.07) is 0. The Labute approximate surface area is 86.5 Å². The molecule has 0 bridgehead atoms. The Balaban J connectivity index is 0.00000121. The Hall–Kier alpha value is 0.600. The third-order valence-electron chi connectivity index (χ3n) is 2.12. The molecule has 0 radical (unpaired) electrons. The first kappa shape index (κ1) is 12.6. The first-order chi connectivity index (χ1) is 5.29. The standard InChI is InChI=1S/C9H19NS.ClH/c1-8(2)11-7-9-3-5-10-6-4-9;/h8-10H,3-7H2,1-2H3;1H. The van der Waals surface area contributed by atoms with Crippen LogP contribution < -0.4 is 5.32 Å². The second-order valence-electron chi connectivity index (χ2n) is 3.58. The second-order valence-corrected chi connectivity index (χ2v) is 5.18. The highest BCUT2D eigenvalue weighted by molar-refractivity contribution is 7.99. The van der Waals surface area contributed by atoms with E-state index in [1.165, 1.54) is 31.7 Å². The summed E-state index contributed by atoms with van der Waals surface area (Å²) < 4.78 is 0. The molecular weight excluding hydrogens is 190 g/mol. The number of thioether (sulfide) groups is 1. The van der Waals surface area contributed by atoms with Crippen LogP contribution in [-0.2, 0) is 0 Å². The molecule has 1 heterocycles. The van der Waals surface area contributed by atoms with Gasteiger partial charge >= 0.3 is 0 Å². The van der Waals surface area contributed by atoms with Crippen LogP contribution in [0.5, 0.6) is 0 Å². The zero-order valence-corrected chi connectivity index (χ0v) is 9.64. The van der Waals surface area contributed by atoms with Gasteiger partial charge < -0.3 is 5.32 Å². The lowest BCUT2D eigenvalue weighted by atomic mass is 10.0. The van der Waals surface area contributed by atoms with Crippen LogP contribution in [0.25, 0.3) is 0 Å². The number of halogens is 1. The Kier molecular flexibility index (Phi) is 7.40. The van der Waals surface area contributed by atoms with Gasteiger partial charge in [0.1, 0.15) is 0 Å². The average molecular weight is 210 g/mol. The molecule has 0 saturated carbocycles. The third-order valence-corrected chi connectivity index (χ3v) is 3.45. The zero-order chi connectivity index (χ0) is 8.10. The van der Waals surface area contributed by atoms with E-state index in [1.54, 1.807) is 0 Å². The number of hydrogen-bond donors (Lipinski definition) is 1. The Morgan fingerprint density at radius 1 is 1.33 bits per heavy atom. The number of piperidine rings is 1. The van der Waals surface area contributed by atoms with Gasteiger partial charge in [0.25, 0.3) is 0 Å². The largest absolute Gasteiger partial charge is 0.317 e. The molecule has 0 spiro atoms. The van der Waals surface area contributed by atoms with Crippen LogP contribution in [0.15, 0.2) is 0 Å². The van der Waals surface area contributed by atoms with Crippen LogP contribution in [0.2, 0.25) is 0 Å². The minimum Gasteiger partial charge on any atom is -0.317 e. The van der Waals surface area contributed by atoms with Gasteiger partial charge in [-0.15, -0.1) is 12.4 Å². The second kappa shape index (κ2) is 7.05. The fourth-order valence-corrected chi connectivity index (χ4v) is 2.37. The van der Waals surface area contributed by atoms with E-state index >= 15 is 0 Å². The van der Waals surface area contributed by atoms with E-state index in [0.29, 0.717) is 0 Å². The molecule has 1 saturated heterocycles. The summed E-state index contributed by atoms with van der Waals surface area (Å²) in [5.74, 6) is 2.36. The predicted molar refractivity (Wildman–Crippen MR) is 60.4 cm³/mol. The molecule has 3 heteroatoms. The average Bonchev–Trinajstić information content (AvgIpc) is 2.03. The van der Waals surface area contributed by atoms with Gasteiger partial charge in [-0.3, -0.25) is 0 Å². The van der Waals surface area contributed by atoms with E-state index in [4.69, 9.17) is 0 Å². The van der Waals surface area contributed by atoms with Gasteiger partial charge in [-0.2, -0.15) is 11.8 Å². The van der Waals surface area contributed by atoms with Crippen molar-refractivity contribution in [3.63, 3.8) is 0 Å². The molecule has 0 atom stereocenters. The van der Waals surface area contributed by atoms with Crippen LogP contribution in [-0.4, -0.2) is 24.1 Å². The fraction of sp³-hybridized carbons (Fsp3) is 1.00. The van der Waals surface area contributed by atoms with Gasteiger partial charge in [0.05, 0.1) is 0 Å². The molecular formula is C9H20ClNS. The Bertz CT molecular complexity index is 103. The van der Waals surface area contributed by atoms with E-state index in [0.717, 1.165) is 11.2 Å². The summed E-state index contributed by atoms with van der Waals surface area (Å²) in [5.41, 5.74) is 0. The summed E-state index contributed by atoms with van der Waals surface area (Å²) in [7, 11) is 0. The van der Waals surface area contributed by atoms with E-state index in [-0.39, 0.29) is 12.4 Å². The number of rotatable bonds is 3. The van der Waals surface area contributed by atoms with Gasteiger partial charge in [-0.1, -0.05) is 13.8 Å². The van der Waals surface area contributed by atoms with E-state index in [1.807, 2.05) is 0 Å². The van der Waals surface area contributed by atoms with Crippen molar-refractivity contribution in [2.75, 3.05) is 18.8 Å². The van der Waals surface area contributed by atoms with Gasteiger partial charge in [0.15, 0.2) is 0 Å². The quantitative estimate of drug-likeness (QED) is 0.767. The van der Waals surface area contributed by atoms with Crippen LogP contribution >= 0.6 is 24.2 Å². The maximum absolute atomic E-state index is 3.39. The highest BCUT2D eigenvalue weighted by Gasteiger charge is 2.12. The molecule has 1 fully saturated rings. The lowest BCUT2D eigenvalue weighted by Gasteiger charge is -2.22. The predicted octanol–water partition coefficient (Wildman–Crippen LogP) is 2.55. The fourth-order valence-electron chi connectivity index (χ4n) is 1.38. The highest BCUT2D eigenvalue weighted by atomic mass is 35.5. The lowest BCUT2D eigenvalue weighted by Crippen LogP contribution is -2.28. The van der Waals surface area contributed by atoms with Gasteiger partial charge in [-0.25, -0.2) is 0 Å². The van der Waals surface area contributed by atoms with Crippen molar-refractivity contribution in [3.8, 4) is 0 Å². The van der Waals surface area contributed by atoms with Gasteiger partial charge in [0, 0.05) is 0 Å². The molecule has 0 aliphatic carbocycles. The molecule has 0 aromatic heterocycles. The first-order valence-corrected chi connectivity index (χ1v) is 5.66. The zero-order valence-electron chi connectivity index (χ0n) is 8.01. The lowest BCUT2D eigenvalue weighted by molar-refractivity contribution is 0.407. The number of nitrogens with one attached hydrogen (secondary N) is 1. The molecule has 1 nitrogen and oxygen atoms in total. The molecule has 1 N–H and O–H groups in total. The van der Waals surface area contributed by atoms with Crippen molar-refractivity contribution < 1.29 is 0 Å². The SMILES string of the molecule is CC(C)SCC1CCNCC1.Cl. The van der Waals surface area contributed by atoms with E-state index < -0.39 is 0 Å². The Morgan fingerprint density at radius 3 is 2.42 bits per heavy atom. The van der Waals surface area contributed by atoms with Crippen LogP contribution in [0.1, 0.15) is 26.7 Å². The normalized spacial score (nSPS) is 19.2. The molecule has 0 amide bonds. The topological polar surface area (TPSA) is 12.0 Å². The molecule has 0 aromatic rings. The molecule has 1 rings (SSSR count).